The summed E-state index contributed by atoms with van der Waals surface area (Å²) in [5, 5.41) is 18.5. The quantitative estimate of drug-likeness (QED) is 0.661. The second-order valence-corrected chi connectivity index (χ2v) is 3.39. The Morgan fingerprint density at radius 2 is 2.00 bits per heavy atom. The van der Waals surface area contributed by atoms with Gasteiger partial charge in [-0.05, 0) is 19.1 Å². The maximum absolute atomic E-state index is 13.3. The predicted molar refractivity (Wildman–Crippen MR) is 56.3 cm³/mol. The molecule has 3 nitrogen and oxygen atoms in total. The molecule has 0 saturated heterocycles. The lowest BCUT2D eigenvalue weighted by Gasteiger charge is -2.04. The summed E-state index contributed by atoms with van der Waals surface area (Å²) in [7, 11) is -1.80. The fraction of sp³-hybridized carbons (Fsp3) is 0.100. The minimum Gasteiger partial charge on any atom is -0.423 e. The van der Waals surface area contributed by atoms with Crippen LogP contribution in [0.3, 0.4) is 0 Å². The molecule has 2 N–H and O–H groups in total. The molecule has 1 heterocycles. The molecule has 0 unspecified atom stereocenters. The summed E-state index contributed by atoms with van der Waals surface area (Å²) in [5.41, 5.74) is 1.17. The third-order valence-corrected chi connectivity index (χ3v) is 2.23. The van der Waals surface area contributed by atoms with Gasteiger partial charge in [0.1, 0.15) is 5.82 Å². The first-order valence-corrected chi connectivity index (χ1v) is 4.51. The number of hydrogen-bond donors (Lipinski definition) is 2. The second kappa shape index (κ2) is 3.60. The number of benzene rings is 1. The molecule has 0 atom stereocenters. The van der Waals surface area contributed by atoms with E-state index in [4.69, 9.17) is 10.0 Å². The third kappa shape index (κ3) is 1.84. The van der Waals surface area contributed by atoms with Gasteiger partial charge in [0.15, 0.2) is 0 Å². The minimum atomic E-state index is -1.80. The molecule has 15 heavy (non-hydrogen) atoms. The lowest BCUT2D eigenvalue weighted by molar-refractivity contribution is 0.423. The Morgan fingerprint density at radius 1 is 1.27 bits per heavy atom. The summed E-state index contributed by atoms with van der Waals surface area (Å²) in [5.74, 6) is -0.657. The molecule has 2 aromatic rings. The zero-order valence-electron chi connectivity index (χ0n) is 8.11. The Labute approximate surface area is 86.3 Å². The molecule has 0 aliphatic carbocycles. The fourth-order valence-electron chi connectivity index (χ4n) is 1.46. The number of rotatable bonds is 1. The Hall–Kier alpha value is -1.46. The molecular weight excluding hydrogens is 196 g/mol. The van der Waals surface area contributed by atoms with Crippen molar-refractivity contribution in [3.63, 3.8) is 0 Å². The van der Waals surface area contributed by atoms with Gasteiger partial charge >= 0.3 is 7.12 Å². The SMILES string of the molecule is Cc1ccc2cc(B(O)O)c(F)cc2n1. The molecule has 0 aliphatic rings. The highest BCUT2D eigenvalue weighted by atomic mass is 19.1. The van der Waals surface area contributed by atoms with Gasteiger partial charge < -0.3 is 10.0 Å². The maximum atomic E-state index is 13.3. The van der Waals surface area contributed by atoms with Gasteiger partial charge in [-0.15, -0.1) is 0 Å². The van der Waals surface area contributed by atoms with Gasteiger partial charge in [-0.25, -0.2) is 4.39 Å². The fourth-order valence-corrected chi connectivity index (χ4v) is 1.46. The van der Waals surface area contributed by atoms with E-state index in [0.29, 0.717) is 10.9 Å². The summed E-state index contributed by atoms with van der Waals surface area (Å²) in [6, 6.07) is 6.15. The average Bonchev–Trinajstić information content (AvgIpc) is 2.15. The van der Waals surface area contributed by atoms with Gasteiger partial charge in [-0.1, -0.05) is 12.1 Å². The standard InChI is InChI=1S/C10H9BFNO2/c1-6-2-3-7-4-8(11(14)15)9(12)5-10(7)13-6/h2-5,14-15H,1H3. The Bertz CT molecular complexity index is 516. The molecule has 0 fully saturated rings. The number of hydrogen-bond acceptors (Lipinski definition) is 3. The molecule has 0 aliphatic heterocycles. The zero-order chi connectivity index (χ0) is 11.0. The molecular formula is C10H9BFNO2. The zero-order valence-corrected chi connectivity index (χ0v) is 8.11. The van der Waals surface area contributed by atoms with E-state index in [1.54, 1.807) is 12.1 Å². The number of halogens is 1. The summed E-state index contributed by atoms with van der Waals surface area (Å²) in [6.45, 7) is 1.81. The number of aryl methyl sites for hydroxylation is 1. The summed E-state index contributed by atoms with van der Waals surface area (Å²) in [4.78, 5) is 4.13. The Morgan fingerprint density at radius 3 is 2.67 bits per heavy atom. The van der Waals surface area contributed by atoms with Crippen LogP contribution in [0.4, 0.5) is 4.39 Å². The number of nitrogens with zero attached hydrogens (tertiary/aromatic N) is 1. The molecule has 0 radical (unpaired) electrons. The second-order valence-electron chi connectivity index (χ2n) is 3.39. The molecule has 1 aromatic carbocycles. The van der Waals surface area contributed by atoms with Gasteiger partial charge in [-0.2, -0.15) is 0 Å². The number of fused-ring (bicyclic) bond motifs is 1. The van der Waals surface area contributed by atoms with E-state index in [-0.39, 0.29) is 5.46 Å². The van der Waals surface area contributed by atoms with Crippen molar-refractivity contribution in [2.45, 2.75) is 6.92 Å². The number of pyridine rings is 1. The van der Waals surface area contributed by atoms with Gasteiger partial charge in [0.05, 0.1) is 5.52 Å². The largest absolute Gasteiger partial charge is 0.491 e. The van der Waals surface area contributed by atoms with Crippen molar-refractivity contribution in [1.82, 2.24) is 4.98 Å². The van der Waals surface area contributed by atoms with Crippen LogP contribution < -0.4 is 5.46 Å². The van der Waals surface area contributed by atoms with Gasteiger partial charge in [-0.3, -0.25) is 4.98 Å². The highest BCUT2D eigenvalue weighted by Gasteiger charge is 2.17. The van der Waals surface area contributed by atoms with E-state index >= 15 is 0 Å². The van der Waals surface area contributed by atoms with E-state index in [2.05, 4.69) is 4.98 Å². The van der Waals surface area contributed by atoms with Crippen LogP contribution in [0.5, 0.6) is 0 Å². The predicted octanol–water partition coefficient (Wildman–Crippen LogP) is 0.362. The van der Waals surface area contributed by atoms with Gasteiger partial charge in [0, 0.05) is 16.5 Å². The van der Waals surface area contributed by atoms with E-state index < -0.39 is 12.9 Å². The highest BCUT2D eigenvalue weighted by Crippen LogP contribution is 2.12. The summed E-state index contributed by atoms with van der Waals surface area (Å²) < 4.78 is 13.3. The molecule has 0 amide bonds. The van der Waals surface area contributed by atoms with Crippen molar-refractivity contribution in [3.05, 3.63) is 35.8 Å². The van der Waals surface area contributed by atoms with Crippen molar-refractivity contribution in [2.75, 3.05) is 0 Å². The van der Waals surface area contributed by atoms with Crippen LogP contribution in [0.1, 0.15) is 5.69 Å². The van der Waals surface area contributed by atoms with Crippen molar-refractivity contribution in [3.8, 4) is 0 Å². The third-order valence-electron chi connectivity index (χ3n) is 2.23. The minimum absolute atomic E-state index is 0.131. The van der Waals surface area contributed by atoms with Crippen LogP contribution in [0.25, 0.3) is 10.9 Å². The molecule has 0 bridgehead atoms. The monoisotopic (exact) mass is 205 g/mol. The molecule has 0 saturated carbocycles. The van der Waals surface area contributed by atoms with E-state index in [1.807, 2.05) is 6.92 Å². The molecule has 5 heteroatoms. The van der Waals surface area contributed by atoms with E-state index in [1.165, 1.54) is 12.1 Å². The molecule has 76 valence electrons. The van der Waals surface area contributed by atoms with Gasteiger partial charge in [0.25, 0.3) is 0 Å². The lowest BCUT2D eigenvalue weighted by atomic mass is 9.79. The van der Waals surface area contributed by atoms with Crippen molar-refractivity contribution >= 4 is 23.5 Å². The van der Waals surface area contributed by atoms with E-state index in [0.717, 1.165) is 5.69 Å². The van der Waals surface area contributed by atoms with Crippen molar-refractivity contribution in [2.24, 2.45) is 0 Å². The van der Waals surface area contributed by atoms with Crippen LogP contribution in [0.2, 0.25) is 0 Å². The summed E-state index contributed by atoms with van der Waals surface area (Å²) >= 11 is 0. The molecule has 0 spiro atoms. The topological polar surface area (TPSA) is 53.4 Å². The highest BCUT2D eigenvalue weighted by molar-refractivity contribution is 6.59. The van der Waals surface area contributed by atoms with Gasteiger partial charge in [0.2, 0.25) is 0 Å². The molecule has 2 rings (SSSR count). The van der Waals surface area contributed by atoms with Crippen LogP contribution in [0.15, 0.2) is 24.3 Å². The van der Waals surface area contributed by atoms with Crippen molar-refractivity contribution in [1.29, 1.82) is 0 Å². The first-order chi connectivity index (χ1) is 7.08. The normalized spacial score (nSPS) is 10.7. The smallest absolute Gasteiger partial charge is 0.423 e. The van der Waals surface area contributed by atoms with Crippen molar-refractivity contribution < 1.29 is 14.4 Å². The first-order valence-electron chi connectivity index (χ1n) is 4.51. The first kappa shape index (κ1) is 10.1. The lowest BCUT2D eigenvalue weighted by Crippen LogP contribution is -2.32. The number of aromatic nitrogens is 1. The average molecular weight is 205 g/mol. The van der Waals surface area contributed by atoms with Crippen LogP contribution in [-0.2, 0) is 0 Å². The van der Waals surface area contributed by atoms with E-state index in [9.17, 15) is 4.39 Å². The van der Waals surface area contributed by atoms with Crippen LogP contribution in [0, 0.1) is 12.7 Å². The Balaban J connectivity index is 2.71. The Kier molecular flexibility index (Phi) is 2.42. The maximum Gasteiger partial charge on any atom is 0.491 e. The molecule has 1 aromatic heterocycles. The van der Waals surface area contributed by atoms with Crippen LogP contribution >= 0.6 is 0 Å². The summed E-state index contributed by atoms with van der Waals surface area (Å²) in [6.07, 6.45) is 0. The van der Waals surface area contributed by atoms with Crippen LogP contribution in [-0.4, -0.2) is 22.2 Å².